The molecular formula is C19H17F3N2O. The van der Waals surface area contributed by atoms with Gasteiger partial charge < -0.3 is 0 Å². The van der Waals surface area contributed by atoms with Crippen molar-refractivity contribution < 1.29 is 13.2 Å². The van der Waals surface area contributed by atoms with E-state index in [2.05, 4.69) is 5.10 Å². The summed E-state index contributed by atoms with van der Waals surface area (Å²) >= 11 is 0. The van der Waals surface area contributed by atoms with Gasteiger partial charge in [0.05, 0.1) is 17.3 Å². The average molecular weight is 346 g/mol. The van der Waals surface area contributed by atoms with Crippen LogP contribution in [-0.2, 0) is 6.18 Å². The van der Waals surface area contributed by atoms with Crippen molar-refractivity contribution in [2.75, 3.05) is 0 Å². The van der Waals surface area contributed by atoms with Gasteiger partial charge >= 0.3 is 6.18 Å². The number of H-pyrrole nitrogens is 1. The van der Waals surface area contributed by atoms with E-state index in [0.29, 0.717) is 16.8 Å². The molecule has 0 bridgehead atoms. The van der Waals surface area contributed by atoms with Crippen molar-refractivity contribution in [3.63, 3.8) is 0 Å². The first-order chi connectivity index (χ1) is 11.8. The van der Waals surface area contributed by atoms with Crippen LogP contribution in [0.15, 0.2) is 59.4 Å². The second kappa shape index (κ2) is 6.27. The van der Waals surface area contributed by atoms with Crippen molar-refractivity contribution >= 4 is 0 Å². The number of benzene rings is 2. The van der Waals surface area contributed by atoms with E-state index in [-0.39, 0.29) is 5.56 Å². The fourth-order valence-electron chi connectivity index (χ4n) is 2.80. The van der Waals surface area contributed by atoms with Gasteiger partial charge in [0.25, 0.3) is 5.56 Å². The molecule has 1 unspecified atom stereocenters. The van der Waals surface area contributed by atoms with Crippen molar-refractivity contribution in [1.29, 1.82) is 0 Å². The lowest BCUT2D eigenvalue weighted by Crippen LogP contribution is -2.22. The largest absolute Gasteiger partial charge is 0.416 e. The van der Waals surface area contributed by atoms with Crippen molar-refractivity contribution in [2.24, 2.45) is 0 Å². The minimum absolute atomic E-state index is 0.189. The standard InChI is InChI=1S/C19H17F3N2O/c1-12-17(15-6-4-3-5-7-15)23-24(18(12)25)13(2)14-8-10-16(11-9-14)19(20,21)22/h3-11,13,23H,1-2H3. The van der Waals surface area contributed by atoms with Crippen LogP contribution in [0.3, 0.4) is 0 Å². The summed E-state index contributed by atoms with van der Waals surface area (Å²) in [5, 5.41) is 3.09. The van der Waals surface area contributed by atoms with Crippen LogP contribution in [0, 0.1) is 6.92 Å². The zero-order valence-electron chi connectivity index (χ0n) is 13.8. The lowest BCUT2D eigenvalue weighted by molar-refractivity contribution is -0.137. The highest BCUT2D eigenvalue weighted by atomic mass is 19.4. The van der Waals surface area contributed by atoms with Gasteiger partial charge in [-0.1, -0.05) is 42.5 Å². The minimum atomic E-state index is -4.37. The van der Waals surface area contributed by atoms with E-state index in [1.165, 1.54) is 16.8 Å². The van der Waals surface area contributed by atoms with Gasteiger partial charge in [0, 0.05) is 5.56 Å². The summed E-state index contributed by atoms with van der Waals surface area (Å²) in [4.78, 5) is 12.6. The van der Waals surface area contributed by atoms with Gasteiger partial charge in [-0.05, 0) is 37.1 Å². The Morgan fingerprint density at radius 2 is 1.60 bits per heavy atom. The highest BCUT2D eigenvalue weighted by molar-refractivity contribution is 5.62. The molecule has 2 aromatic carbocycles. The van der Waals surface area contributed by atoms with Gasteiger partial charge in [-0.25, -0.2) is 4.68 Å². The first kappa shape index (κ1) is 17.1. The number of hydrogen-bond donors (Lipinski definition) is 1. The van der Waals surface area contributed by atoms with E-state index in [1.54, 1.807) is 13.8 Å². The van der Waals surface area contributed by atoms with Crippen LogP contribution < -0.4 is 5.56 Å². The summed E-state index contributed by atoms with van der Waals surface area (Å²) in [5.74, 6) is 0. The Balaban J connectivity index is 1.98. The molecule has 0 spiro atoms. The van der Waals surface area contributed by atoms with E-state index < -0.39 is 17.8 Å². The van der Waals surface area contributed by atoms with E-state index in [4.69, 9.17) is 0 Å². The van der Waals surface area contributed by atoms with Gasteiger partial charge in [-0.3, -0.25) is 9.89 Å². The summed E-state index contributed by atoms with van der Waals surface area (Å²) in [6, 6.07) is 13.9. The number of aromatic amines is 1. The molecule has 0 saturated carbocycles. The number of rotatable bonds is 3. The quantitative estimate of drug-likeness (QED) is 0.728. The number of alkyl halides is 3. The molecule has 1 heterocycles. The molecule has 1 aromatic heterocycles. The molecule has 6 heteroatoms. The summed E-state index contributed by atoms with van der Waals surface area (Å²) in [6.07, 6.45) is -4.37. The zero-order chi connectivity index (χ0) is 18.2. The average Bonchev–Trinajstić information content (AvgIpc) is 2.90. The number of nitrogens with zero attached hydrogens (tertiary/aromatic N) is 1. The topological polar surface area (TPSA) is 37.8 Å². The normalized spacial score (nSPS) is 13.0. The Morgan fingerprint density at radius 3 is 2.16 bits per heavy atom. The molecule has 1 N–H and O–H groups in total. The fourth-order valence-corrected chi connectivity index (χ4v) is 2.80. The Labute approximate surface area is 142 Å². The molecular weight excluding hydrogens is 329 g/mol. The van der Waals surface area contributed by atoms with Gasteiger partial charge in [0.2, 0.25) is 0 Å². The van der Waals surface area contributed by atoms with Crippen molar-refractivity contribution in [3.05, 3.63) is 81.6 Å². The van der Waals surface area contributed by atoms with E-state index in [9.17, 15) is 18.0 Å². The molecule has 0 radical (unpaired) electrons. The second-order valence-electron chi connectivity index (χ2n) is 5.95. The van der Waals surface area contributed by atoms with Crippen LogP contribution in [-0.4, -0.2) is 9.78 Å². The van der Waals surface area contributed by atoms with Crippen molar-refractivity contribution in [2.45, 2.75) is 26.1 Å². The van der Waals surface area contributed by atoms with Crippen molar-refractivity contribution in [3.8, 4) is 11.3 Å². The number of aromatic nitrogens is 2. The molecule has 3 nitrogen and oxygen atoms in total. The predicted molar refractivity (Wildman–Crippen MR) is 90.5 cm³/mol. The molecule has 130 valence electrons. The van der Waals surface area contributed by atoms with Gasteiger partial charge in [0.1, 0.15) is 0 Å². The monoisotopic (exact) mass is 346 g/mol. The number of hydrogen-bond acceptors (Lipinski definition) is 1. The van der Waals surface area contributed by atoms with Crippen molar-refractivity contribution in [1.82, 2.24) is 9.78 Å². The van der Waals surface area contributed by atoms with Gasteiger partial charge in [0.15, 0.2) is 0 Å². The van der Waals surface area contributed by atoms with E-state index in [1.807, 2.05) is 30.3 Å². The maximum absolute atomic E-state index is 12.7. The van der Waals surface area contributed by atoms with E-state index in [0.717, 1.165) is 17.7 Å². The maximum Gasteiger partial charge on any atom is 0.416 e. The molecule has 1 atom stereocenters. The third-order valence-corrected chi connectivity index (χ3v) is 4.32. The Kier molecular flexibility index (Phi) is 4.29. The molecule has 25 heavy (non-hydrogen) atoms. The summed E-state index contributed by atoms with van der Waals surface area (Å²) < 4.78 is 39.5. The summed E-state index contributed by atoms with van der Waals surface area (Å²) in [7, 11) is 0. The summed E-state index contributed by atoms with van der Waals surface area (Å²) in [5.41, 5.74) is 1.90. The lowest BCUT2D eigenvalue weighted by atomic mass is 10.1. The first-order valence-corrected chi connectivity index (χ1v) is 7.82. The first-order valence-electron chi connectivity index (χ1n) is 7.82. The number of halogens is 3. The molecule has 3 aromatic rings. The van der Waals surface area contributed by atoms with Gasteiger partial charge in [-0.2, -0.15) is 13.2 Å². The highest BCUT2D eigenvalue weighted by Gasteiger charge is 2.30. The molecule has 0 fully saturated rings. The molecule has 0 aliphatic carbocycles. The molecule has 0 aliphatic rings. The smallest absolute Gasteiger partial charge is 0.294 e. The number of nitrogens with one attached hydrogen (secondary N) is 1. The Bertz CT molecular complexity index is 922. The van der Waals surface area contributed by atoms with Crippen LogP contribution in [0.5, 0.6) is 0 Å². The lowest BCUT2D eigenvalue weighted by Gasteiger charge is -2.14. The molecule has 3 rings (SSSR count). The van der Waals surface area contributed by atoms with Crippen LogP contribution >= 0.6 is 0 Å². The van der Waals surface area contributed by atoms with E-state index >= 15 is 0 Å². The molecule has 0 amide bonds. The third-order valence-electron chi connectivity index (χ3n) is 4.32. The molecule has 0 aliphatic heterocycles. The SMILES string of the molecule is Cc1c(-c2ccccc2)[nH]n(C(C)c2ccc(C(F)(F)F)cc2)c1=O. The zero-order valence-corrected chi connectivity index (χ0v) is 13.8. The third kappa shape index (κ3) is 3.24. The van der Waals surface area contributed by atoms with Crippen LogP contribution in [0.4, 0.5) is 13.2 Å². The van der Waals surface area contributed by atoms with Crippen LogP contribution in [0.2, 0.25) is 0 Å². The van der Waals surface area contributed by atoms with Crippen LogP contribution in [0.1, 0.15) is 29.7 Å². The molecule has 0 saturated heterocycles. The maximum atomic E-state index is 12.7. The van der Waals surface area contributed by atoms with Crippen LogP contribution in [0.25, 0.3) is 11.3 Å². The Morgan fingerprint density at radius 1 is 1.00 bits per heavy atom. The predicted octanol–water partition coefficient (Wildman–Crippen LogP) is 4.78. The van der Waals surface area contributed by atoms with Gasteiger partial charge in [-0.15, -0.1) is 0 Å². The highest BCUT2D eigenvalue weighted by Crippen LogP contribution is 2.30. The minimum Gasteiger partial charge on any atom is -0.294 e. The Hall–Kier alpha value is -2.76. The fraction of sp³-hybridized carbons (Fsp3) is 0.211. The second-order valence-corrected chi connectivity index (χ2v) is 5.95. The summed E-state index contributed by atoms with van der Waals surface area (Å²) in [6.45, 7) is 3.51.